The highest BCUT2D eigenvalue weighted by Gasteiger charge is 2.22. The SMILES string of the molecule is O=C(O)c1ncc(Cl)cc1C1CCCCC1. The molecule has 1 saturated carbocycles. The zero-order chi connectivity index (χ0) is 11.5. The first kappa shape index (κ1) is 11.4. The first-order chi connectivity index (χ1) is 7.68. The molecule has 0 unspecified atom stereocenters. The maximum Gasteiger partial charge on any atom is 0.354 e. The van der Waals surface area contributed by atoms with Crippen molar-refractivity contribution in [2.75, 3.05) is 0 Å². The van der Waals surface area contributed by atoms with E-state index >= 15 is 0 Å². The maximum absolute atomic E-state index is 11.1. The van der Waals surface area contributed by atoms with Crippen molar-refractivity contribution in [3.63, 3.8) is 0 Å². The number of hydrogen-bond donors (Lipinski definition) is 1. The lowest BCUT2D eigenvalue weighted by Crippen LogP contribution is -2.12. The summed E-state index contributed by atoms with van der Waals surface area (Å²) in [5.41, 5.74) is 0.969. The van der Waals surface area contributed by atoms with Crippen LogP contribution in [-0.2, 0) is 0 Å². The Kier molecular flexibility index (Phi) is 3.44. The molecule has 1 aromatic heterocycles. The molecule has 0 aliphatic heterocycles. The molecule has 3 nitrogen and oxygen atoms in total. The van der Waals surface area contributed by atoms with Crippen LogP contribution < -0.4 is 0 Å². The monoisotopic (exact) mass is 239 g/mol. The Balaban J connectivity index is 2.36. The number of carboxylic acids is 1. The van der Waals surface area contributed by atoms with Gasteiger partial charge in [-0.15, -0.1) is 0 Å². The number of aromatic carboxylic acids is 1. The molecule has 0 spiro atoms. The van der Waals surface area contributed by atoms with Gasteiger partial charge in [0.2, 0.25) is 0 Å². The van der Waals surface area contributed by atoms with Crippen molar-refractivity contribution in [2.45, 2.75) is 38.0 Å². The van der Waals surface area contributed by atoms with Crippen molar-refractivity contribution in [1.29, 1.82) is 0 Å². The van der Waals surface area contributed by atoms with E-state index in [1.54, 1.807) is 6.07 Å². The summed E-state index contributed by atoms with van der Waals surface area (Å²) >= 11 is 5.89. The number of aromatic nitrogens is 1. The Bertz CT molecular complexity index is 400. The van der Waals surface area contributed by atoms with Gasteiger partial charge in [0.05, 0.1) is 5.02 Å². The molecule has 1 aromatic rings. The van der Waals surface area contributed by atoms with Crippen molar-refractivity contribution in [3.05, 3.63) is 28.5 Å². The van der Waals surface area contributed by atoms with Gasteiger partial charge < -0.3 is 5.11 Å². The molecule has 4 heteroatoms. The number of rotatable bonds is 2. The van der Waals surface area contributed by atoms with E-state index in [0.717, 1.165) is 31.2 Å². The molecule has 0 bridgehead atoms. The number of nitrogens with zero attached hydrogens (tertiary/aromatic N) is 1. The summed E-state index contributed by atoms with van der Waals surface area (Å²) < 4.78 is 0. The van der Waals surface area contributed by atoms with Crippen LogP contribution in [0.1, 0.15) is 54.1 Å². The van der Waals surface area contributed by atoms with Gasteiger partial charge in [0.15, 0.2) is 5.69 Å². The Morgan fingerprint density at radius 3 is 2.69 bits per heavy atom. The highest BCUT2D eigenvalue weighted by atomic mass is 35.5. The second kappa shape index (κ2) is 4.83. The summed E-state index contributed by atoms with van der Waals surface area (Å²) in [7, 11) is 0. The molecule has 1 aliphatic rings. The quantitative estimate of drug-likeness (QED) is 0.860. The molecule has 0 radical (unpaired) electrons. The summed E-state index contributed by atoms with van der Waals surface area (Å²) in [5, 5.41) is 9.60. The van der Waals surface area contributed by atoms with E-state index < -0.39 is 5.97 Å². The molecular weight excluding hydrogens is 226 g/mol. The number of halogens is 1. The number of hydrogen-bond acceptors (Lipinski definition) is 2. The predicted molar refractivity (Wildman–Crippen MR) is 62.0 cm³/mol. The molecule has 1 N–H and O–H groups in total. The van der Waals surface area contributed by atoms with Gasteiger partial charge in [-0.1, -0.05) is 30.9 Å². The van der Waals surface area contributed by atoms with E-state index in [0.29, 0.717) is 10.9 Å². The minimum atomic E-state index is -0.961. The average molecular weight is 240 g/mol. The fourth-order valence-electron chi connectivity index (χ4n) is 2.36. The Morgan fingerprint density at radius 1 is 1.38 bits per heavy atom. The van der Waals surface area contributed by atoms with Crippen LogP contribution in [0.2, 0.25) is 5.02 Å². The van der Waals surface area contributed by atoms with Gasteiger partial charge in [-0.25, -0.2) is 9.78 Å². The zero-order valence-corrected chi connectivity index (χ0v) is 9.70. The van der Waals surface area contributed by atoms with E-state index in [1.165, 1.54) is 12.6 Å². The number of carbonyl (C=O) groups is 1. The van der Waals surface area contributed by atoms with E-state index in [4.69, 9.17) is 16.7 Å². The summed E-state index contributed by atoms with van der Waals surface area (Å²) in [6.45, 7) is 0. The van der Waals surface area contributed by atoms with Crippen LogP contribution in [0.15, 0.2) is 12.3 Å². The number of pyridine rings is 1. The average Bonchev–Trinajstić information content (AvgIpc) is 2.29. The molecule has 0 atom stereocenters. The van der Waals surface area contributed by atoms with Gasteiger partial charge in [0.25, 0.3) is 0 Å². The van der Waals surface area contributed by atoms with E-state index in [2.05, 4.69) is 4.98 Å². The fourth-order valence-corrected chi connectivity index (χ4v) is 2.52. The van der Waals surface area contributed by atoms with Crippen LogP contribution in [-0.4, -0.2) is 16.1 Å². The third-order valence-corrected chi connectivity index (χ3v) is 3.34. The summed E-state index contributed by atoms with van der Waals surface area (Å²) in [6, 6.07) is 1.76. The molecule has 2 rings (SSSR count). The molecule has 86 valence electrons. The first-order valence-electron chi connectivity index (χ1n) is 5.57. The van der Waals surface area contributed by atoms with Gasteiger partial charge in [0.1, 0.15) is 0 Å². The summed E-state index contributed by atoms with van der Waals surface area (Å²) in [6.07, 6.45) is 7.06. The second-order valence-corrected chi connectivity index (χ2v) is 4.67. The van der Waals surface area contributed by atoms with Crippen LogP contribution in [0.4, 0.5) is 0 Å². The Labute approximate surface area is 99.5 Å². The zero-order valence-electron chi connectivity index (χ0n) is 8.95. The fraction of sp³-hybridized carbons (Fsp3) is 0.500. The Morgan fingerprint density at radius 2 is 2.06 bits per heavy atom. The standard InChI is InChI=1S/C12H14ClNO2/c13-9-6-10(8-4-2-1-3-5-8)11(12(15)16)14-7-9/h6-8H,1-5H2,(H,15,16). The lowest BCUT2D eigenvalue weighted by atomic mass is 9.83. The van der Waals surface area contributed by atoms with Gasteiger partial charge in [-0.3, -0.25) is 0 Å². The Hall–Kier alpha value is -1.09. The van der Waals surface area contributed by atoms with E-state index in [9.17, 15) is 4.79 Å². The van der Waals surface area contributed by atoms with Crippen molar-refractivity contribution in [2.24, 2.45) is 0 Å². The van der Waals surface area contributed by atoms with Crippen molar-refractivity contribution in [1.82, 2.24) is 4.98 Å². The van der Waals surface area contributed by atoms with E-state index in [1.807, 2.05) is 0 Å². The predicted octanol–water partition coefficient (Wildman–Crippen LogP) is 3.48. The smallest absolute Gasteiger partial charge is 0.354 e. The third kappa shape index (κ3) is 2.35. The topological polar surface area (TPSA) is 50.2 Å². The van der Waals surface area contributed by atoms with Crippen LogP contribution in [0, 0.1) is 0 Å². The molecule has 0 aromatic carbocycles. The third-order valence-electron chi connectivity index (χ3n) is 3.13. The minimum absolute atomic E-state index is 0.163. The molecular formula is C12H14ClNO2. The summed E-state index contributed by atoms with van der Waals surface area (Å²) in [4.78, 5) is 15.0. The highest BCUT2D eigenvalue weighted by Crippen LogP contribution is 2.34. The van der Waals surface area contributed by atoms with Crippen molar-refractivity contribution in [3.8, 4) is 0 Å². The molecule has 1 aliphatic carbocycles. The normalized spacial score (nSPS) is 17.3. The van der Waals surface area contributed by atoms with Gasteiger partial charge in [-0.05, 0) is 30.4 Å². The maximum atomic E-state index is 11.1. The summed E-state index contributed by atoms with van der Waals surface area (Å²) in [5.74, 6) is -0.650. The first-order valence-corrected chi connectivity index (χ1v) is 5.95. The molecule has 1 fully saturated rings. The largest absolute Gasteiger partial charge is 0.477 e. The van der Waals surface area contributed by atoms with E-state index in [-0.39, 0.29) is 5.69 Å². The van der Waals surface area contributed by atoms with Crippen LogP contribution in [0.25, 0.3) is 0 Å². The lowest BCUT2D eigenvalue weighted by Gasteiger charge is -2.22. The van der Waals surface area contributed by atoms with Crippen LogP contribution in [0.5, 0.6) is 0 Å². The second-order valence-electron chi connectivity index (χ2n) is 4.23. The van der Waals surface area contributed by atoms with Crippen LogP contribution in [0.3, 0.4) is 0 Å². The lowest BCUT2D eigenvalue weighted by molar-refractivity contribution is 0.0688. The molecule has 0 saturated heterocycles. The number of carboxylic acid groups (broad SMARTS) is 1. The van der Waals surface area contributed by atoms with Gasteiger partial charge in [-0.2, -0.15) is 0 Å². The molecule has 0 amide bonds. The van der Waals surface area contributed by atoms with Gasteiger partial charge >= 0.3 is 5.97 Å². The van der Waals surface area contributed by atoms with Crippen LogP contribution >= 0.6 is 11.6 Å². The van der Waals surface area contributed by atoms with Crippen molar-refractivity contribution < 1.29 is 9.90 Å². The highest BCUT2D eigenvalue weighted by molar-refractivity contribution is 6.30. The van der Waals surface area contributed by atoms with Crippen molar-refractivity contribution >= 4 is 17.6 Å². The molecule has 1 heterocycles. The molecule has 16 heavy (non-hydrogen) atoms. The minimum Gasteiger partial charge on any atom is -0.477 e. The van der Waals surface area contributed by atoms with Gasteiger partial charge in [0, 0.05) is 6.20 Å².